The lowest BCUT2D eigenvalue weighted by Crippen LogP contribution is -2.42. The summed E-state index contributed by atoms with van der Waals surface area (Å²) in [6.07, 6.45) is 1.54. The minimum Gasteiger partial charge on any atom is -0.481 e. The summed E-state index contributed by atoms with van der Waals surface area (Å²) in [5.74, 6) is -0.860. The van der Waals surface area contributed by atoms with Crippen LogP contribution in [0.25, 0.3) is 0 Å². The molecule has 0 heterocycles. The number of amides is 1. The van der Waals surface area contributed by atoms with Crippen molar-refractivity contribution in [3.8, 4) is 0 Å². The van der Waals surface area contributed by atoms with E-state index in [9.17, 15) is 14.7 Å². The zero-order chi connectivity index (χ0) is 13.5. The summed E-state index contributed by atoms with van der Waals surface area (Å²) in [5.41, 5.74) is -0.896. The van der Waals surface area contributed by atoms with Crippen LogP contribution in [-0.2, 0) is 9.59 Å². The van der Waals surface area contributed by atoms with Gasteiger partial charge in [-0.1, -0.05) is 0 Å². The molecule has 1 amide bonds. The zero-order valence-electron chi connectivity index (χ0n) is 10.9. The van der Waals surface area contributed by atoms with E-state index in [2.05, 4.69) is 0 Å². The first kappa shape index (κ1) is 15.9. The van der Waals surface area contributed by atoms with Gasteiger partial charge in [0, 0.05) is 25.9 Å². The molecule has 0 aliphatic rings. The lowest BCUT2D eigenvalue weighted by molar-refractivity contribution is -0.138. The van der Waals surface area contributed by atoms with Gasteiger partial charge >= 0.3 is 5.97 Å². The molecule has 0 unspecified atom stereocenters. The maximum absolute atomic E-state index is 11.8. The topological polar surface area (TPSA) is 77.8 Å². The van der Waals surface area contributed by atoms with E-state index in [4.69, 9.17) is 5.11 Å². The van der Waals surface area contributed by atoms with Gasteiger partial charge in [0.15, 0.2) is 0 Å². The van der Waals surface area contributed by atoms with Gasteiger partial charge in [0.05, 0.1) is 5.60 Å². The highest BCUT2D eigenvalue weighted by molar-refractivity contribution is 5.76. The Hall–Kier alpha value is -1.10. The highest BCUT2D eigenvalue weighted by Crippen LogP contribution is 2.08. The Balaban J connectivity index is 3.97. The smallest absolute Gasteiger partial charge is 0.303 e. The highest BCUT2D eigenvalue weighted by Gasteiger charge is 2.20. The van der Waals surface area contributed by atoms with Gasteiger partial charge in [0.1, 0.15) is 0 Å². The molecule has 2 N–H and O–H groups in total. The summed E-state index contributed by atoms with van der Waals surface area (Å²) in [6.45, 7) is 6.05. The van der Waals surface area contributed by atoms with Gasteiger partial charge in [-0.05, 0) is 33.6 Å². The molecule has 5 nitrogen and oxygen atoms in total. The first-order valence-corrected chi connectivity index (χ1v) is 5.98. The van der Waals surface area contributed by atoms with Crippen molar-refractivity contribution >= 4 is 11.9 Å². The number of likely N-dealkylation sites (N-methyl/N-ethyl adjacent to an activating group) is 1. The van der Waals surface area contributed by atoms with Crippen molar-refractivity contribution in [1.29, 1.82) is 0 Å². The van der Waals surface area contributed by atoms with E-state index in [1.54, 1.807) is 18.7 Å². The SMILES string of the molecule is CCN(CC(C)(C)O)C(=O)CCCCC(=O)O. The van der Waals surface area contributed by atoms with Crippen LogP contribution in [0.2, 0.25) is 0 Å². The van der Waals surface area contributed by atoms with Crippen LogP contribution in [0.1, 0.15) is 46.5 Å². The molecule has 5 heteroatoms. The molecule has 0 spiro atoms. The Kier molecular flexibility index (Phi) is 6.80. The fraction of sp³-hybridized carbons (Fsp3) is 0.833. The average molecular weight is 245 g/mol. The molecule has 0 bridgehead atoms. The number of rotatable bonds is 8. The monoisotopic (exact) mass is 245 g/mol. The average Bonchev–Trinajstić information content (AvgIpc) is 2.19. The predicted molar refractivity (Wildman–Crippen MR) is 64.7 cm³/mol. The Morgan fingerprint density at radius 3 is 2.12 bits per heavy atom. The van der Waals surface area contributed by atoms with Crippen LogP contribution < -0.4 is 0 Å². The second-order valence-corrected chi connectivity index (χ2v) is 4.82. The van der Waals surface area contributed by atoms with Crippen molar-refractivity contribution < 1.29 is 19.8 Å². The predicted octanol–water partition coefficient (Wildman–Crippen LogP) is 1.25. The molecule has 0 saturated heterocycles. The van der Waals surface area contributed by atoms with Crippen molar-refractivity contribution in [3.63, 3.8) is 0 Å². The molecule has 0 aliphatic carbocycles. The number of nitrogens with zero attached hydrogens (tertiary/aromatic N) is 1. The third-order valence-corrected chi connectivity index (χ3v) is 2.34. The molecule has 17 heavy (non-hydrogen) atoms. The standard InChI is InChI=1S/C12H23NO4/c1-4-13(9-12(2,3)17)10(14)7-5-6-8-11(15)16/h17H,4-9H2,1-3H3,(H,15,16). The van der Waals surface area contributed by atoms with E-state index < -0.39 is 11.6 Å². The van der Waals surface area contributed by atoms with Crippen LogP contribution in [0.4, 0.5) is 0 Å². The number of hydrogen-bond acceptors (Lipinski definition) is 3. The van der Waals surface area contributed by atoms with Crippen molar-refractivity contribution in [2.45, 2.75) is 52.1 Å². The molecule has 0 fully saturated rings. The van der Waals surface area contributed by atoms with Crippen LogP contribution in [-0.4, -0.2) is 45.7 Å². The van der Waals surface area contributed by atoms with Crippen molar-refractivity contribution in [2.24, 2.45) is 0 Å². The van der Waals surface area contributed by atoms with E-state index in [0.717, 1.165) is 0 Å². The van der Waals surface area contributed by atoms with E-state index in [-0.39, 0.29) is 12.3 Å². The number of hydrogen-bond donors (Lipinski definition) is 2. The first-order chi connectivity index (χ1) is 7.76. The summed E-state index contributed by atoms with van der Waals surface area (Å²) in [6, 6.07) is 0. The maximum atomic E-state index is 11.8. The summed E-state index contributed by atoms with van der Waals surface area (Å²) < 4.78 is 0. The molecule has 100 valence electrons. The van der Waals surface area contributed by atoms with Gasteiger partial charge < -0.3 is 15.1 Å². The number of carboxylic acids is 1. The molecular weight excluding hydrogens is 222 g/mol. The lowest BCUT2D eigenvalue weighted by atomic mass is 10.1. The molecule has 0 saturated carbocycles. The van der Waals surface area contributed by atoms with Crippen LogP contribution in [0, 0.1) is 0 Å². The first-order valence-electron chi connectivity index (χ1n) is 5.98. The van der Waals surface area contributed by atoms with Crippen LogP contribution in [0.5, 0.6) is 0 Å². The second kappa shape index (κ2) is 7.27. The minimum atomic E-state index is -0.896. The largest absolute Gasteiger partial charge is 0.481 e. The van der Waals surface area contributed by atoms with Gasteiger partial charge in [0.2, 0.25) is 5.91 Å². The quantitative estimate of drug-likeness (QED) is 0.631. The summed E-state index contributed by atoms with van der Waals surface area (Å²) >= 11 is 0. The molecular formula is C12H23NO4. The minimum absolute atomic E-state index is 0.0278. The third kappa shape index (κ3) is 8.68. The van der Waals surface area contributed by atoms with Crippen LogP contribution >= 0.6 is 0 Å². The van der Waals surface area contributed by atoms with E-state index >= 15 is 0 Å². The lowest BCUT2D eigenvalue weighted by Gasteiger charge is -2.28. The van der Waals surface area contributed by atoms with Crippen LogP contribution in [0.3, 0.4) is 0 Å². The van der Waals surface area contributed by atoms with Crippen LogP contribution in [0.15, 0.2) is 0 Å². The summed E-state index contributed by atoms with van der Waals surface area (Å²) in [4.78, 5) is 23.7. The number of carboxylic acid groups (broad SMARTS) is 1. The number of aliphatic hydroxyl groups is 1. The molecule has 0 aliphatic heterocycles. The van der Waals surface area contributed by atoms with Crippen molar-refractivity contribution in [3.05, 3.63) is 0 Å². The highest BCUT2D eigenvalue weighted by atomic mass is 16.4. The molecule has 0 atom stereocenters. The Morgan fingerprint density at radius 1 is 1.18 bits per heavy atom. The third-order valence-electron chi connectivity index (χ3n) is 2.34. The Bertz CT molecular complexity index is 258. The van der Waals surface area contributed by atoms with Gasteiger partial charge in [0.25, 0.3) is 0 Å². The zero-order valence-corrected chi connectivity index (χ0v) is 10.9. The fourth-order valence-electron chi connectivity index (χ4n) is 1.55. The molecule has 0 rings (SSSR count). The van der Waals surface area contributed by atoms with Gasteiger partial charge in [-0.2, -0.15) is 0 Å². The summed E-state index contributed by atoms with van der Waals surface area (Å²) in [5, 5.41) is 18.1. The molecule has 0 aromatic carbocycles. The number of carbonyl (C=O) groups excluding carboxylic acids is 1. The Morgan fingerprint density at radius 2 is 1.71 bits per heavy atom. The molecule has 0 radical (unpaired) electrons. The number of unbranched alkanes of at least 4 members (excludes halogenated alkanes) is 1. The number of aliphatic carboxylic acids is 1. The van der Waals surface area contributed by atoms with Gasteiger partial charge in [-0.15, -0.1) is 0 Å². The number of carbonyl (C=O) groups is 2. The second-order valence-electron chi connectivity index (χ2n) is 4.82. The van der Waals surface area contributed by atoms with E-state index in [1.807, 2.05) is 6.92 Å². The van der Waals surface area contributed by atoms with Crippen molar-refractivity contribution in [1.82, 2.24) is 4.90 Å². The summed E-state index contributed by atoms with van der Waals surface area (Å²) in [7, 11) is 0. The van der Waals surface area contributed by atoms with E-state index in [1.165, 1.54) is 0 Å². The molecule has 0 aromatic rings. The van der Waals surface area contributed by atoms with Crippen molar-refractivity contribution in [2.75, 3.05) is 13.1 Å². The van der Waals surface area contributed by atoms with E-state index in [0.29, 0.717) is 32.4 Å². The fourth-order valence-corrected chi connectivity index (χ4v) is 1.55. The Labute approximate surface area is 102 Å². The van der Waals surface area contributed by atoms with Gasteiger partial charge in [-0.3, -0.25) is 9.59 Å². The van der Waals surface area contributed by atoms with Gasteiger partial charge in [-0.25, -0.2) is 0 Å². The molecule has 0 aromatic heterocycles. The maximum Gasteiger partial charge on any atom is 0.303 e. The normalized spacial score (nSPS) is 11.3.